The van der Waals surface area contributed by atoms with Crippen LogP contribution in [-0.4, -0.2) is 64.1 Å². The molecule has 1 aromatic heterocycles. The Balaban J connectivity index is 1.44. The average Bonchev–Trinajstić information content (AvgIpc) is 3.41. The van der Waals surface area contributed by atoms with Gasteiger partial charge in [0.2, 0.25) is 5.91 Å². The quantitative estimate of drug-likeness (QED) is 0.217. The van der Waals surface area contributed by atoms with Crippen LogP contribution in [0.15, 0.2) is 35.7 Å². The minimum atomic E-state index is -4.25. The maximum atomic E-state index is 13.3. The summed E-state index contributed by atoms with van der Waals surface area (Å²) in [5.74, 6) is -3.06. The monoisotopic (exact) mass is 665 g/mol. The van der Waals surface area contributed by atoms with Crippen molar-refractivity contribution in [3.05, 3.63) is 52.0 Å². The number of ether oxygens (including phenoxy) is 1. The lowest BCUT2D eigenvalue weighted by molar-refractivity contribution is -0.362. The number of alkyl halides is 3. The van der Waals surface area contributed by atoms with Gasteiger partial charge in [0.1, 0.15) is 10.7 Å². The Morgan fingerprint density at radius 1 is 1.09 bits per heavy atom. The number of benzene rings is 1. The number of carbonyl (C=O) groups excluding carboxylic acids is 3. The number of esters is 1. The van der Waals surface area contributed by atoms with E-state index < -0.39 is 59.0 Å². The molecule has 0 aliphatic heterocycles. The molecule has 0 spiro atoms. The van der Waals surface area contributed by atoms with Crippen LogP contribution in [0.1, 0.15) is 93.4 Å². The van der Waals surface area contributed by atoms with Crippen LogP contribution in [-0.2, 0) is 25.5 Å². The maximum Gasteiger partial charge on any atom is 0.394 e. The Hall–Kier alpha value is -3.48. The van der Waals surface area contributed by atoms with E-state index in [1.165, 1.54) is 6.92 Å². The second-order valence-electron chi connectivity index (χ2n) is 13.5. The molecule has 1 heterocycles. The first-order valence-electron chi connectivity index (χ1n) is 15.5. The molecule has 0 radical (unpaired) electrons. The molecule has 2 aromatic rings. The highest BCUT2D eigenvalue weighted by Gasteiger charge is 2.78. The van der Waals surface area contributed by atoms with Gasteiger partial charge in [0.25, 0.3) is 5.91 Å². The van der Waals surface area contributed by atoms with Crippen LogP contribution in [0.4, 0.5) is 13.2 Å². The summed E-state index contributed by atoms with van der Waals surface area (Å²) >= 11 is 1.13. The lowest BCUT2D eigenvalue weighted by atomic mass is 9.34. The van der Waals surface area contributed by atoms with E-state index in [0.29, 0.717) is 11.4 Å². The van der Waals surface area contributed by atoms with Crippen molar-refractivity contribution < 1.29 is 42.2 Å². The van der Waals surface area contributed by atoms with Crippen molar-refractivity contribution in [1.82, 2.24) is 15.2 Å². The molecule has 2 N–H and O–H groups in total. The summed E-state index contributed by atoms with van der Waals surface area (Å²) in [6, 6.07) is 8.50. The predicted molar refractivity (Wildman–Crippen MR) is 165 cm³/mol. The van der Waals surface area contributed by atoms with Gasteiger partial charge in [-0.3, -0.25) is 19.2 Å². The van der Waals surface area contributed by atoms with Crippen LogP contribution >= 0.6 is 11.3 Å². The number of halogens is 3. The zero-order valence-electron chi connectivity index (χ0n) is 26.7. The van der Waals surface area contributed by atoms with E-state index in [4.69, 9.17) is 4.74 Å². The van der Waals surface area contributed by atoms with Crippen LogP contribution in [0, 0.1) is 22.7 Å². The fourth-order valence-corrected chi connectivity index (χ4v) is 7.87. The van der Waals surface area contributed by atoms with Gasteiger partial charge in [-0.15, -0.1) is 11.3 Å². The molecule has 46 heavy (non-hydrogen) atoms. The van der Waals surface area contributed by atoms with Crippen LogP contribution < -0.4 is 5.32 Å². The Bertz CT molecular complexity index is 1410. The summed E-state index contributed by atoms with van der Waals surface area (Å²) in [7, 11) is 1.62. The van der Waals surface area contributed by atoms with Gasteiger partial charge in [-0.1, -0.05) is 51.1 Å². The molecule has 252 valence electrons. The molecule has 2 bridgehead atoms. The molecule has 4 atom stereocenters. The number of carbonyl (C=O) groups is 4. The summed E-state index contributed by atoms with van der Waals surface area (Å²) in [6.45, 7) is 6.65. The Kier molecular flexibility index (Phi) is 10.5. The Labute approximate surface area is 270 Å². The topological polar surface area (TPSA) is 126 Å². The molecule has 3 aliphatic rings. The first-order valence-corrected chi connectivity index (χ1v) is 16.3. The number of thiazole rings is 1. The number of aliphatic carboxylic acids is 1. The van der Waals surface area contributed by atoms with Crippen molar-refractivity contribution in [3.63, 3.8) is 0 Å². The molecule has 2 amide bonds. The number of nitrogens with zero attached hydrogens (tertiary/aromatic N) is 2. The number of amides is 2. The van der Waals surface area contributed by atoms with Gasteiger partial charge in [-0.05, 0) is 49.0 Å². The highest BCUT2D eigenvalue weighted by molar-refractivity contribution is 7.09. The van der Waals surface area contributed by atoms with Gasteiger partial charge in [-0.2, -0.15) is 13.2 Å². The second-order valence-corrected chi connectivity index (χ2v) is 14.4. The summed E-state index contributed by atoms with van der Waals surface area (Å²) < 4.78 is 45.6. The smallest absolute Gasteiger partial charge is 0.394 e. The number of carboxylic acids is 1. The van der Waals surface area contributed by atoms with Gasteiger partial charge < -0.3 is 20.1 Å². The normalized spacial score (nSPS) is 22.9. The number of carboxylic acid groups (broad SMARTS) is 1. The van der Waals surface area contributed by atoms with Gasteiger partial charge >= 0.3 is 18.1 Å². The van der Waals surface area contributed by atoms with Gasteiger partial charge in [-0.25, -0.2) is 4.98 Å². The molecule has 3 saturated carbocycles. The van der Waals surface area contributed by atoms with Gasteiger partial charge in [0.05, 0.1) is 11.3 Å². The molecule has 3 aliphatic carbocycles. The molecule has 1 aromatic carbocycles. The summed E-state index contributed by atoms with van der Waals surface area (Å²) in [4.78, 5) is 56.3. The molecule has 5 rings (SSSR count). The van der Waals surface area contributed by atoms with E-state index in [0.717, 1.165) is 16.9 Å². The van der Waals surface area contributed by atoms with Gasteiger partial charge in [0, 0.05) is 44.3 Å². The number of hydrogen-bond donors (Lipinski definition) is 2. The fraction of sp³-hybridized carbons (Fsp3) is 0.606. The number of nitrogens with one attached hydrogen (secondary N) is 1. The van der Waals surface area contributed by atoms with Crippen LogP contribution in [0.25, 0.3) is 0 Å². The molecule has 3 fully saturated rings. The average molecular weight is 666 g/mol. The lowest BCUT2D eigenvalue weighted by Crippen LogP contribution is -2.69. The van der Waals surface area contributed by atoms with E-state index >= 15 is 0 Å². The van der Waals surface area contributed by atoms with E-state index in [2.05, 4.69) is 10.3 Å². The standard InChI is InChI=1S/C33H42F3N3O6S/c1-19(2)25(39(5)27(41)14-31-16-32(17-31,18-31)33(34,35)36)13-26(45-21(4)40)29-38-24(15-46-29)28(42)37-23(11-20(3)30(43)44)12-22-9-7-6-8-10-22/h6-10,15,19-20,23,25-26H,11-14,16-18H2,1-5H3,(H,37,42)(H,43,44)/t20-,23?,25?,26?,31?,32?/m0/s1. The molecular formula is C33H42F3N3O6S. The SMILES string of the molecule is CC(=O)OC(CC(C(C)C)N(C)C(=O)CC12CC(C(F)(F)F)(C1)C2)c1nc(C(=O)NC(Cc2ccccc2)C[C@H](C)C(=O)O)cs1. The minimum absolute atomic E-state index is 0.0170. The molecule has 9 nitrogen and oxygen atoms in total. The van der Waals surface area contributed by atoms with E-state index in [-0.39, 0.29) is 56.0 Å². The highest BCUT2D eigenvalue weighted by Crippen LogP contribution is 2.79. The van der Waals surface area contributed by atoms with E-state index in [1.807, 2.05) is 44.2 Å². The van der Waals surface area contributed by atoms with Crippen molar-refractivity contribution in [3.8, 4) is 0 Å². The van der Waals surface area contributed by atoms with Crippen molar-refractivity contribution in [2.75, 3.05) is 7.05 Å². The molecule has 13 heteroatoms. The Morgan fingerprint density at radius 3 is 2.26 bits per heavy atom. The van der Waals surface area contributed by atoms with E-state index in [1.54, 1.807) is 24.3 Å². The van der Waals surface area contributed by atoms with Crippen LogP contribution in [0.2, 0.25) is 0 Å². The predicted octanol–water partition coefficient (Wildman–Crippen LogP) is 6.20. The molecule has 3 unspecified atom stereocenters. The Morgan fingerprint density at radius 2 is 1.72 bits per heavy atom. The zero-order valence-corrected chi connectivity index (χ0v) is 27.5. The highest BCUT2D eigenvalue weighted by atomic mass is 32.1. The largest absolute Gasteiger partial charge is 0.481 e. The third-order valence-corrected chi connectivity index (χ3v) is 10.4. The lowest BCUT2D eigenvalue weighted by Gasteiger charge is -2.70. The van der Waals surface area contributed by atoms with Crippen LogP contribution in [0.3, 0.4) is 0 Å². The summed E-state index contributed by atoms with van der Waals surface area (Å²) in [6.07, 6.45) is -4.32. The number of hydrogen-bond acceptors (Lipinski definition) is 7. The third kappa shape index (κ3) is 7.90. The second kappa shape index (κ2) is 13.7. The molecule has 0 saturated heterocycles. The minimum Gasteiger partial charge on any atom is -0.481 e. The van der Waals surface area contributed by atoms with Crippen molar-refractivity contribution in [1.29, 1.82) is 0 Å². The maximum absolute atomic E-state index is 13.3. The molecular weight excluding hydrogens is 623 g/mol. The van der Waals surface area contributed by atoms with Gasteiger partial charge in [0.15, 0.2) is 6.10 Å². The van der Waals surface area contributed by atoms with Crippen LogP contribution in [0.5, 0.6) is 0 Å². The third-order valence-electron chi connectivity index (χ3n) is 9.44. The van der Waals surface area contributed by atoms with Crippen molar-refractivity contribution in [2.24, 2.45) is 22.7 Å². The first kappa shape index (κ1) is 35.4. The van der Waals surface area contributed by atoms with Crippen molar-refractivity contribution >= 4 is 35.1 Å². The van der Waals surface area contributed by atoms with E-state index in [9.17, 15) is 37.5 Å². The summed E-state index contributed by atoms with van der Waals surface area (Å²) in [5, 5.41) is 14.3. The fourth-order valence-electron chi connectivity index (χ4n) is 7.03. The zero-order chi connectivity index (χ0) is 34.0. The summed E-state index contributed by atoms with van der Waals surface area (Å²) in [5.41, 5.74) is -1.21. The number of rotatable bonds is 15. The van der Waals surface area contributed by atoms with Crippen molar-refractivity contribution in [2.45, 2.75) is 97.0 Å². The first-order chi connectivity index (χ1) is 21.4. The number of aromatic nitrogens is 1.